The van der Waals surface area contributed by atoms with Crippen LogP contribution < -0.4 is 0 Å². The van der Waals surface area contributed by atoms with Crippen LogP contribution >= 0.6 is 0 Å². The van der Waals surface area contributed by atoms with Crippen LogP contribution in [0.4, 0.5) is 0 Å². The molecule has 0 fully saturated rings. The molecule has 3 rings (SSSR count). The summed E-state index contributed by atoms with van der Waals surface area (Å²) in [7, 11) is 0. The van der Waals surface area contributed by atoms with Crippen LogP contribution in [0.3, 0.4) is 0 Å². The number of pyridine rings is 1. The van der Waals surface area contributed by atoms with Gasteiger partial charge in [0.1, 0.15) is 0 Å². The summed E-state index contributed by atoms with van der Waals surface area (Å²) in [6, 6.07) is 9.25. The van der Waals surface area contributed by atoms with Crippen molar-refractivity contribution in [2.45, 2.75) is 0 Å². The first-order chi connectivity index (χ1) is 8.75. The van der Waals surface area contributed by atoms with E-state index in [-0.39, 0.29) is 5.56 Å². The molecular weight excluding hydrogens is 228 g/mol. The van der Waals surface area contributed by atoms with Gasteiger partial charge in [0.15, 0.2) is 0 Å². The second kappa shape index (κ2) is 4.00. The number of carboxylic acid groups (broad SMARTS) is 1. The minimum atomic E-state index is -0.930. The van der Waals surface area contributed by atoms with E-state index in [0.29, 0.717) is 5.69 Å². The Morgan fingerprint density at radius 1 is 1.17 bits per heavy atom. The number of fused-ring (bicyclic) bond motifs is 1. The molecule has 0 amide bonds. The van der Waals surface area contributed by atoms with Crippen LogP contribution in [-0.4, -0.2) is 21.0 Å². The Bertz CT molecular complexity index is 731. The molecule has 0 aliphatic rings. The summed E-state index contributed by atoms with van der Waals surface area (Å²) in [5.74, 6) is -0.930. The summed E-state index contributed by atoms with van der Waals surface area (Å²) in [4.78, 5) is 18.1. The quantitative estimate of drug-likeness (QED) is 0.721. The van der Waals surface area contributed by atoms with Crippen molar-refractivity contribution in [3.63, 3.8) is 0 Å². The van der Waals surface area contributed by atoms with Gasteiger partial charge in [0.2, 0.25) is 0 Å². The van der Waals surface area contributed by atoms with Crippen LogP contribution in [0.5, 0.6) is 0 Å². The Labute approximate surface area is 103 Å². The van der Waals surface area contributed by atoms with E-state index in [1.165, 1.54) is 0 Å². The molecular formula is C14H10N2O2. The number of hydrogen-bond acceptors (Lipinski definition) is 2. The summed E-state index contributed by atoms with van der Waals surface area (Å²) >= 11 is 0. The highest BCUT2D eigenvalue weighted by Crippen LogP contribution is 2.25. The Morgan fingerprint density at radius 3 is 2.89 bits per heavy atom. The molecule has 2 N–H and O–H groups in total. The molecule has 1 aromatic carbocycles. The number of rotatable bonds is 2. The van der Waals surface area contributed by atoms with Gasteiger partial charge >= 0.3 is 5.97 Å². The van der Waals surface area contributed by atoms with Crippen LogP contribution in [-0.2, 0) is 0 Å². The van der Waals surface area contributed by atoms with Gasteiger partial charge in [-0.2, -0.15) is 0 Å². The summed E-state index contributed by atoms with van der Waals surface area (Å²) in [6.45, 7) is 0. The van der Waals surface area contributed by atoms with Crippen molar-refractivity contribution >= 4 is 16.7 Å². The van der Waals surface area contributed by atoms with Crippen molar-refractivity contribution in [3.8, 4) is 11.3 Å². The molecule has 3 aromatic rings. The normalized spacial score (nSPS) is 10.7. The summed E-state index contributed by atoms with van der Waals surface area (Å²) in [5.41, 5.74) is 1.76. The van der Waals surface area contributed by atoms with E-state index in [2.05, 4.69) is 9.97 Å². The van der Waals surface area contributed by atoms with Crippen molar-refractivity contribution in [1.82, 2.24) is 9.97 Å². The highest BCUT2D eigenvalue weighted by atomic mass is 16.4. The Balaban J connectivity index is 2.19. The highest BCUT2D eigenvalue weighted by molar-refractivity contribution is 5.96. The summed E-state index contributed by atoms with van der Waals surface area (Å²) in [5, 5.41) is 11.2. The number of carboxylic acids is 1. The van der Waals surface area contributed by atoms with E-state index in [1.54, 1.807) is 24.7 Å². The van der Waals surface area contributed by atoms with Crippen LogP contribution in [0.15, 0.2) is 48.9 Å². The van der Waals surface area contributed by atoms with E-state index in [9.17, 15) is 4.79 Å². The number of carbonyl (C=O) groups is 1. The van der Waals surface area contributed by atoms with Gasteiger partial charge in [-0.05, 0) is 29.1 Å². The standard InChI is InChI=1S/C14H10N2O2/c17-14(18)12-4-6-16-13(12)10-1-2-11-8-15-5-3-9(11)7-10/h1-8,16H,(H,17,18). The summed E-state index contributed by atoms with van der Waals surface area (Å²) in [6.07, 6.45) is 5.14. The SMILES string of the molecule is O=C(O)c1cc[nH]c1-c1ccc2cnccc2c1. The van der Waals surface area contributed by atoms with E-state index < -0.39 is 5.97 Å². The number of hydrogen-bond donors (Lipinski definition) is 2. The Kier molecular flexibility index (Phi) is 2.34. The van der Waals surface area contributed by atoms with Crippen molar-refractivity contribution in [3.05, 3.63) is 54.5 Å². The van der Waals surface area contributed by atoms with E-state index in [4.69, 9.17) is 5.11 Å². The van der Waals surface area contributed by atoms with Gasteiger partial charge in [-0.1, -0.05) is 12.1 Å². The maximum absolute atomic E-state index is 11.1. The number of benzene rings is 1. The average Bonchev–Trinajstić information content (AvgIpc) is 2.87. The number of aromatic nitrogens is 2. The number of aromatic amines is 1. The number of H-pyrrole nitrogens is 1. The molecule has 0 bridgehead atoms. The van der Waals surface area contributed by atoms with Crippen LogP contribution in [0.25, 0.3) is 22.0 Å². The fourth-order valence-electron chi connectivity index (χ4n) is 2.03. The van der Waals surface area contributed by atoms with Gasteiger partial charge < -0.3 is 10.1 Å². The Morgan fingerprint density at radius 2 is 2.06 bits per heavy atom. The van der Waals surface area contributed by atoms with Gasteiger partial charge in [0, 0.05) is 24.0 Å². The van der Waals surface area contributed by atoms with Crippen molar-refractivity contribution in [2.75, 3.05) is 0 Å². The van der Waals surface area contributed by atoms with Crippen molar-refractivity contribution in [2.24, 2.45) is 0 Å². The van der Waals surface area contributed by atoms with E-state index in [0.717, 1.165) is 16.3 Å². The third kappa shape index (κ3) is 1.64. The maximum atomic E-state index is 11.1. The molecule has 0 aliphatic heterocycles. The third-order valence-corrected chi connectivity index (χ3v) is 2.91. The molecule has 0 radical (unpaired) electrons. The van der Waals surface area contributed by atoms with Gasteiger partial charge in [-0.25, -0.2) is 4.79 Å². The monoisotopic (exact) mass is 238 g/mol. The molecule has 4 nitrogen and oxygen atoms in total. The smallest absolute Gasteiger partial charge is 0.337 e. The second-order valence-corrected chi connectivity index (χ2v) is 4.01. The molecule has 0 saturated heterocycles. The molecule has 2 heterocycles. The first-order valence-corrected chi connectivity index (χ1v) is 5.50. The number of nitrogens with zero attached hydrogens (tertiary/aromatic N) is 1. The largest absolute Gasteiger partial charge is 0.478 e. The predicted octanol–water partition coefficient (Wildman–Crippen LogP) is 2.93. The van der Waals surface area contributed by atoms with Crippen LogP contribution in [0.1, 0.15) is 10.4 Å². The first-order valence-electron chi connectivity index (χ1n) is 5.50. The van der Waals surface area contributed by atoms with Crippen molar-refractivity contribution in [1.29, 1.82) is 0 Å². The number of nitrogens with one attached hydrogen (secondary N) is 1. The third-order valence-electron chi connectivity index (χ3n) is 2.91. The fraction of sp³-hybridized carbons (Fsp3) is 0. The van der Waals surface area contributed by atoms with Crippen LogP contribution in [0, 0.1) is 0 Å². The minimum Gasteiger partial charge on any atom is -0.478 e. The number of aromatic carboxylic acids is 1. The molecule has 0 unspecified atom stereocenters. The minimum absolute atomic E-state index is 0.281. The molecule has 0 saturated carbocycles. The highest BCUT2D eigenvalue weighted by Gasteiger charge is 2.12. The first kappa shape index (κ1) is 10.5. The predicted molar refractivity (Wildman–Crippen MR) is 68.5 cm³/mol. The zero-order valence-corrected chi connectivity index (χ0v) is 9.42. The Hall–Kier alpha value is -2.62. The lowest BCUT2D eigenvalue weighted by Gasteiger charge is -2.03. The van der Waals surface area contributed by atoms with E-state index >= 15 is 0 Å². The fourth-order valence-corrected chi connectivity index (χ4v) is 2.03. The zero-order chi connectivity index (χ0) is 12.5. The van der Waals surface area contributed by atoms with E-state index in [1.807, 2.05) is 24.3 Å². The zero-order valence-electron chi connectivity index (χ0n) is 9.42. The molecule has 0 atom stereocenters. The van der Waals surface area contributed by atoms with Crippen LogP contribution in [0.2, 0.25) is 0 Å². The lowest BCUT2D eigenvalue weighted by atomic mass is 10.0. The lowest BCUT2D eigenvalue weighted by molar-refractivity contribution is 0.0698. The van der Waals surface area contributed by atoms with Gasteiger partial charge in [0.25, 0.3) is 0 Å². The topological polar surface area (TPSA) is 66.0 Å². The molecule has 18 heavy (non-hydrogen) atoms. The second-order valence-electron chi connectivity index (χ2n) is 4.01. The molecule has 0 aliphatic carbocycles. The van der Waals surface area contributed by atoms with Gasteiger partial charge in [-0.3, -0.25) is 4.98 Å². The average molecular weight is 238 g/mol. The van der Waals surface area contributed by atoms with Crippen molar-refractivity contribution < 1.29 is 9.90 Å². The molecule has 4 heteroatoms. The molecule has 88 valence electrons. The van der Waals surface area contributed by atoms with Gasteiger partial charge in [-0.15, -0.1) is 0 Å². The van der Waals surface area contributed by atoms with Gasteiger partial charge in [0.05, 0.1) is 11.3 Å². The lowest BCUT2D eigenvalue weighted by Crippen LogP contribution is -1.96. The molecule has 2 aromatic heterocycles. The molecule has 0 spiro atoms. The maximum Gasteiger partial charge on any atom is 0.337 e. The summed E-state index contributed by atoms with van der Waals surface area (Å²) < 4.78 is 0.